The number of hydrogen-bond acceptors (Lipinski definition) is 4. The number of aryl methyl sites for hydroxylation is 2. The van der Waals surface area contributed by atoms with Crippen molar-refractivity contribution in [1.82, 2.24) is 9.88 Å². The van der Waals surface area contributed by atoms with E-state index in [2.05, 4.69) is 5.32 Å². The third-order valence-electron chi connectivity index (χ3n) is 4.96. The van der Waals surface area contributed by atoms with Crippen LogP contribution in [0, 0.1) is 13.8 Å². The Morgan fingerprint density at radius 3 is 2.23 bits per heavy atom. The Labute approximate surface area is 179 Å². The first-order valence-electron chi connectivity index (χ1n) is 9.68. The fourth-order valence-corrected chi connectivity index (χ4v) is 3.55. The van der Waals surface area contributed by atoms with Crippen LogP contribution < -0.4 is 15.0 Å². The van der Waals surface area contributed by atoms with E-state index in [0.717, 1.165) is 27.5 Å². The van der Waals surface area contributed by atoms with Crippen LogP contribution in [0.2, 0.25) is 0 Å². The van der Waals surface area contributed by atoms with E-state index >= 15 is 0 Å². The molecule has 0 spiro atoms. The number of aromatic nitrogens is 1. The van der Waals surface area contributed by atoms with Crippen LogP contribution >= 0.6 is 0 Å². The minimum atomic E-state index is -0.757. The number of rotatable bonds is 4. The molecular weight excluding hydrogens is 394 g/mol. The average molecular weight is 415 g/mol. The zero-order chi connectivity index (χ0) is 22.1. The van der Waals surface area contributed by atoms with Gasteiger partial charge < -0.3 is 9.30 Å². The van der Waals surface area contributed by atoms with Crippen LogP contribution in [-0.2, 0) is 9.59 Å². The number of nitrogens with zero attached hydrogens (tertiary/aromatic N) is 2. The van der Waals surface area contributed by atoms with Crippen LogP contribution in [0.4, 0.5) is 10.5 Å². The second kappa shape index (κ2) is 7.95. The van der Waals surface area contributed by atoms with Gasteiger partial charge in [-0.2, -0.15) is 0 Å². The normalized spacial score (nSPS) is 15.4. The van der Waals surface area contributed by atoms with E-state index in [1.807, 2.05) is 54.9 Å². The van der Waals surface area contributed by atoms with Gasteiger partial charge in [-0.3, -0.25) is 14.9 Å². The zero-order valence-electron chi connectivity index (χ0n) is 17.4. The van der Waals surface area contributed by atoms with E-state index in [9.17, 15) is 14.4 Å². The van der Waals surface area contributed by atoms with Crippen molar-refractivity contribution >= 4 is 29.6 Å². The first-order chi connectivity index (χ1) is 14.9. The number of anilines is 1. The second-order valence-corrected chi connectivity index (χ2v) is 7.35. The van der Waals surface area contributed by atoms with Gasteiger partial charge in [0.05, 0.1) is 12.8 Å². The molecular formula is C24H21N3O4. The summed E-state index contributed by atoms with van der Waals surface area (Å²) in [7, 11) is 1.60. The quantitative estimate of drug-likeness (QED) is 0.520. The van der Waals surface area contributed by atoms with E-state index in [0.29, 0.717) is 11.3 Å². The number of benzene rings is 2. The fourth-order valence-electron chi connectivity index (χ4n) is 3.55. The predicted molar refractivity (Wildman–Crippen MR) is 117 cm³/mol. The maximum atomic E-state index is 13.1. The van der Waals surface area contributed by atoms with Crippen LogP contribution in [0.25, 0.3) is 11.8 Å². The molecule has 1 N–H and O–H groups in total. The van der Waals surface area contributed by atoms with Gasteiger partial charge in [0.1, 0.15) is 11.3 Å². The molecule has 0 saturated carbocycles. The van der Waals surface area contributed by atoms with Crippen LogP contribution in [0.1, 0.15) is 16.7 Å². The van der Waals surface area contributed by atoms with Gasteiger partial charge in [0.15, 0.2) is 0 Å². The molecule has 0 unspecified atom stereocenters. The molecule has 4 rings (SSSR count). The number of methoxy groups -OCH3 is 1. The SMILES string of the molecule is COc1ccc(-n2ccc(/C=C3/C(=O)NC(=O)N(c4cc(C)cc(C)c4)C3=O)c2)cc1. The number of ether oxygens (including phenoxy) is 1. The van der Waals surface area contributed by atoms with Crippen LogP contribution in [0.15, 0.2) is 66.5 Å². The minimum absolute atomic E-state index is 0.105. The van der Waals surface area contributed by atoms with Gasteiger partial charge in [0, 0.05) is 18.1 Å². The molecule has 1 aliphatic rings. The monoisotopic (exact) mass is 415 g/mol. The number of carbonyl (C=O) groups is 3. The van der Waals surface area contributed by atoms with Crippen molar-refractivity contribution < 1.29 is 19.1 Å². The van der Waals surface area contributed by atoms with Gasteiger partial charge in [0.2, 0.25) is 0 Å². The summed E-state index contributed by atoms with van der Waals surface area (Å²) in [6.45, 7) is 3.76. The maximum Gasteiger partial charge on any atom is 0.335 e. The van der Waals surface area contributed by atoms with Crippen molar-refractivity contribution in [3.63, 3.8) is 0 Å². The predicted octanol–water partition coefficient (Wildman–Crippen LogP) is 3.77. The smallest absolute Gasteiger partial charge is 0.335 e. The highest BCUT2D eigenvalue weighted by Crippen LogP contribution is 2.25. The van der Waals surface area contributed by atoms with Gasteiger partial charge in [-0.1, -0.05) is 6.07 Å². The lowest BCUT2D eigenvalue weighted by molar-refractivity contribution is -0.122. The third-order valence-corrected chi connectivity index (χ3v) is 4.96. The molecule has 1 aromatic heterocycles. The summed E-state index contributed by atoms with van der Waals surface area (Å²) in [6.07, 6.45) is 5.11. The second-order valence-electron chi connectivity index (χ2n) is 7.35. The van der Waals surface area contributed by atoms with Crippen molar-refractivity contribution in [2.75, 3.05) is 12.0 Å². The lowest BCUT2D eigenvalue weighted by atomic mass is 10.1. The highest BCUT2D eigenvalue weighted by atomic mass is 16.5. The summed E-state index contributed by atoms with van der Waals surface area (Å²) in [5, 5.41) is 2.26. The summed E-state index contributed by atoms with van der Waals surface area (Å²) in [6, 6.07) is 13.9. The minimum Gasteiger partial charge on any atom is -0.497 e. The standard InChI is InChI=1S/C24H21N3O4/c1-15-10-16(2)12-19(11-15)27-23(29)21(22(28)25-24(27)30)13-17-8-9-26(14-17)18-4-6-20(31-3)7-5-18/h4-14H,1-3H3,(H,25,28,30)/b21-13-. The molecule has 2 heterocycles. The van der Waals surface area contributed by atoms with E-state index in [1.165, 1.54) is 6.08 Å². The van der Waals surface area contributed by atoms with Crippen molar-refractivity contribution in [2.45, 2.75) is 13.8 Å². The van der Waals surface area contributed by atoms with Crippen molar-refractivity contribution in [3.8, 4) is 11.4 Å². The number of urea groups is 1. The molecule has 7 nitrogen and oxygen atoms in total. The highest BCUT2D eigenvalue weighted by Gasteiger charge is 2.37. The molecule has 4 amide bonds. The Balaban J connectivity index is 1.66. The van der Waals surface area contributed by atoms with Gasteiger partial charge in [-0.05, 0) is 79.1 Å². The van der Waals surface area contributed by atoms with Crippen molar-refractivity contribution in [2.24, 2.45) is 0 Å². The van der Waals surface area contributed by atoms with Gasteiger partial charge in [-0.15, -0.1) is 0 Å². The summed E-state index contributed by atoms with van der Waals surface area (Å²) in [5.41, 5.74) is 3.70. The Kier molecular flexibility index (Phi) is 5.17. The van der Waals surface area contributed by atoms with Gasteiger partial charge in [-0.25, -0.2) is 9.69 Å². The lowest BCUT2D eigenvalue weighted by Gasteiger charge is -2.26. The number of carbonyl (C=O) groups excluding carboxylic acids is 3. The molecule has 31 heavy (non-hydrogen) atoms. The summed E-state index contributed by atoms with van der Waals surface area (Å²) < 4.78 is 7.04. The summed E-state index contributed by atoms with van der Waals surface area (Å²) >= 11 is 0. The van der Waals surface area contributed by atoms with Gasteiger partial charge in [0.25, 0.3) is 11.8 Å². The van der Waals surface area contributed by atoms with Crippen molar-refractivity contribution in [3.05, 3.63) is 83.2 Å². The molecule has 3 aromatic rings. The Morgan fingerprint density at radius 1 is 0.903 bits per heavy atom. The largest absolute Gasteiger partial charge is 0.497 e. The van der Waals surface area contributed by atoms with E-state index in [4.69, 9.17) is 4.74 Å². The van der Waals surface area contributed by atoms with E-state index in [-0.39, 0.29) is 5.57 Å². The van der Waals surface area contributed by atoms with Crippen LogP contribution in [0.3, 0.4) is 0 Å². The molecule has 156 valence electrons. The highest BCUT2D eigenvalue weighted by molar-refractivity contribution is 6.39. The zero-order valence-corrected chi connectivity index (χ0v) is 17.4. The molecule has 1 saturated heterocycles. The Bertz CT molecular complexity index is 1200. The number of hydrogen-bond donors (Lipinski definition) is 1. The third kappa shape index (κ3) is 3.98. The topological polar surface area (TPSA) is 80.6 Å². The van der Waals surface area contributed by atoms with Crippen LogP contribution in [-0.4, -0.2) is 29.5 Å². The van der Waals surface area contributed by atoms with E-state index in [1.54, 1.807) is 31.5 Å². The first-order valence-corrected chi connectivity index (χ1v) is 9.68. The molecule has 7 heteroatoms. The molecule has 1 aliphatic heterocycles. The lowest BCUT2D eigenvalue weighted by Crippen LogP contribution is -2.54. The summed E-state index contributed by atoms with van der Waals surface area (Å²) in [5.74, 6) is -0.623. The van der Waals surface area contributed by atoms with E-state index < -0.39 is 17.8 Å². The molecule has 2 aromatic carbocycles. The maximum absolute atomic E-state index is 13.1. The Hall–Kier alpha value is -4.13. The molecule has 0 atom stereocenters. The summed E-state index contributed by atoms with van der Waals surface area (Å²) in [4.78, 5) is 38.9. The van der Waals surface area contributed by atoms with Gasteiger partial charge >= 0.3 is 6.03 Å². The molecule has 0 bridgehead atoms. The number of barbiturate groups is 1. The fraction of sp³-hybridized carbons (Fsp3) is 0.125. The van der Waals surface area contributed by atoms with Crippen LogP contribution in [0.5, 0.6) is 5.75 Å². The number of amides is 4. The number of nitrogens with one attached hydrogen (secondary N) is 1. The van der Waals surface area contributed by atoms with Crippen molar-refractivity contribution in [1.29, 1.82) is 0 Å². The number of imide groups is 2. The molecule has 0 radical (unpaired) electrons. The molecule has 0 aliphatic carbocycles. The first kappa shape index (κ1) is 20.2. The Morgan fingerprint density at radius 2 is 1.58 bits per heavy atom. The molecule has 1 fully saturated rings. The average Bonchev–Trinajstić information content (AvgIpc) is 3.19.